The van der Waals surface area contributed by atoms with Crippen LogP contribution in [0.25, 0.3) is 0 Å². The zero-order valence-corrected chi connectivity index (χ0v) is 13.0. The molecular formula is C15H13BrF3NO. The zero-order chi connectivity index (χ0) is 15.6. The Morgan fingerprint density at radius 3 is 2.29 bits per heavy atom. The first-order valence-corrected chi connectivity index (χ1v) is 6.92. The minimum Gasteiger partial charge on any atom is -0.496 e. The molecule has 0 radical (unpaired) electrons. The van der Waals surface area contributed by atoms with Crippen molar-refractivity contribution < 1.29 is 17.9 Å². The van der Waals surface area contributed by atoms with Crippen LogP contribution in [0.5, 0.6) is 5.75 Å². The van der Waals surface area contributed by atoms with Gasteiger partial charge in [-0.1, -0.05) is 6.07 Å². The van der Waals surface area contributed by atoms with Gasteiger partial charge in [-0.05, 0) is 46.7 Å². The van der Waals surface area contributed by atoms with Gasteiger partial charge in [0.2, 0.25) is 0 Å². The van der Waals surface area contributed by atoms with Gasteiger partial charge in [-0.3, -0.25) is 0 Å². The second-order valence-corrected chi connectivity index (χ2v) is 5.26. The summed E-state index contributed by atoms with van der Waals surface area (Å²) >= 11 is 3.34. The van der Waals surface area contributed by atoms with Gasteiger partial charge in [0.05, 0.1) is 17.6 Å². The van der Waals surface area contributed by atoms with Crippen molar-refractivity contribution in [1.29, 1.82) is 0 Å². The van der Waals surface area contributed by atoms with Crippen LogP contribution in [-0.4, -0.2) is 14.2 Å². The number of rotatable bonds is 4. The highest BCUT2D eigenvalue weighted by molar-refractivity contribution is 9.10. The Morgan fingerprint density at radius 2 is 1.71 bits per heavy atom. The maximum absolute atomic E-state index is 13.9. The number of nitrogens with one attached hydrogen (secondary N) is 1. The van der Waals surface area contributed by atoms with Crippen molar-refractivity contribution in [1.82, 2.24) is 5.32 Å². The van der Waals surface area contributed by atoms with Crippen molar-refractivity contribution >= 4 is 15.9 Å². The van der Waals surface area contributed by atoms with Crippen LogP contribution >= 0.6 is 15.9 Å². The molecule has 0 fully saturated rings. The molecule has 0 aliphatic carbocycles. The molecule has 0 aliphatic heterocycles. The van der Waals surface area contributed by atoms with E-state index in [1.54, 1.807) is 25.2 Å². The molecule has 21 heavy (non-hydrogen) atoms. The summed E-state index contributed by atoms with van der Waals surface area (Å²) in [6.07, 6.45) is 0. The van der Waals surface area contributed by atoms with E-state index in [0.29, 0.717) is 21.9 Å². The minimum atomic E-state index is -1.21. The lowest BCUT2D eigenvalue weighted by molar-refractivity contribution is 0.411. The predicted molar refractivity (Wildman–Crippen MR) is 77.9 cm³/mol. The first-order chi connectivity index (χ1) is 9.97. The Bertz CT molecular complexity index is 664. The second kappa shape index (κ2) is 6.49. The Hall–Kier alpha value is -1.53. The van der Waals surface area contributed by atoms with Crippen molar-refractivity contribution in [2.45, 2.75) is 6.04 Å². The molecule has 6 heteroatoms. The predicted octanol–water partition coefficient (Wildman–Crippen LogP) is 4.18. The van der Waals surface area contributed by atoms with Crippen LogP contribution < -0.4 is 10.1 Å². The molecule has 0 saturated heterocycles. The number of hydrogen-bond donors (Lipinski definition) is 1. The van der Waals surface area contributed by atoms with E-state index in [0.717, 1.165) is 6.07 Å². The summed E-state index contributed by atoms with van der Waals surface area (Å²) in [5, 5.41) is 2.90. The van der Waals surface area contributed by atoms with E-state index >= 15 is 0 Å². The molecule has 1 unspecified atom stereocenters. The lowest BCUT2D eigenvalue weighted by atomic mass is 9.98. The molecule has 2 aromatic carbocycles. The topological polar surface area (TPSA) is 21.3 Å². The second-order valence-electron chi connectivity index (χ2n) is 4.40. The fraction of sp³-hybridized carbons (Fsp3) is 0.200. The maximum atomic E-state index is 13.9. The van der Waals surface area contributed by atoms with Crippen LogP contribution in [0.15, 0.2) is 34.8 Å². The van der Waals surface area contributed by atoms with Crippen molar-refractivity contribution in [2.75, 3.05) is 14.2 Å². The monoisotopic (exact) mass is 359 g/mol. The summed E-state index contributed by atoms with van der Waals surface area (Å²) in [6.45, 7) is 0. The van der Waals surface area contributed by atoms with Crippen molar-refractivity contribution in [2.24, 2.45) is 0 Å². The third-order valence-corrected chi connectivity index (χ3v) is 3.77. The van der Waals surface area contributed by atoms with E-state index < -0.39 is 23.5 Å². The number of benzene rings is 2. The molecule has 0 bridgehead atoms. The molecule has 2 aromatic rings. The molecular weight excluding hydrogens is 347 g/mol. The maximum Gasteiger partial charge on any atom is 0.161 e. The first-order valence-electron chi connectivity index (χ1n) is 6.13. The lowest BCUT2D eigenvalue weighted by Gasteiger charge is -2.19. The fourth-order valence-corrected chi connectivity index (χ4v) is 2.68. The normalized spacial score (nSPS) is 12.3. The van der Waals surface area contributed by atoms with Gasteiger partial charge < -0.3 is 10.1 Å². The van der Waals surface area contributed by atoms with E-state index in [1.807, 2.05) is 0 Å². The van der Waals surface area contributed by atoms with Crippen LogP contribution in [0.2, 0.25) is 0 Å². The highest BCUT2D eigenvalue weighted by Gasteiger charge is 2.20. The third-order valence-electron chi connectivity index (χ3n) is 3.15. The van der Waals surface area contributed by atoms with Gasteiger partial charge in [0, 0.05) is 11.6 Å². The van der Waals surface area contributed by atoms with Crippen LogP contribution in [0.1, 0.15) is 17.2 Å². The fourth-order valence-electron chi connectivity index (χ4n) is 2.12. The summed E-state index contributed by atoms with van der Waals surface area (Å²) in [6, 6.07) is 5.98. The van der Waals surface area contributed by atoms with Crippen molar-refractivity contribution in [3.05, 3.63) is 63.4 Å². The van der Waals surface area contributed by atoms with Crippen LogP contribution in [0, 0.1) is 17.5 Å². The van der Waals surface area contributed by atoms with Gasteiger partial charge in [0.1, 0.15) is 11.6 Å². The van der Waals surface area contributed by atoms with Crippen molar-refractivity contribution in [3.63, 3.8) is 0 Å². The molecule has 0 heterocycles. The molecule has 0 aliphatic rings. The molecule has 0 saturated carbocycles. The summed E-state index contributed by atoms with van der Waals surface area (Å²) < 4.78 is 46.1. The minimum absolute atomic E-state index is 0.0356. The highest BCUT2D eigenvalue weighted by Crippen LogP contribution is 2.32. The van der Waals surface area contributed by atoms with E-state index in [9.17, 15) is 13.2 Å². The zero-order valence-electron chi connectivity index (χ0n) is 11.4. The third kappa shape index (κ3) is 3.22. The SMILES string of the molecule is CNC(c1ccc(OC)c(Br)c1)c1cc(F)c(F)cc1F. The average molecular weight is 360 g/mol. The molecule has 0 aromatic heterocycles. The number of hydrogen-bond acceptors (Lipinski definition) is 2. The number of halogens is 4. The highest BCUT2D eigenvalue weighted by atomic mass is 79.9. The first kappa shape index (κ1) is 15.9. The van der Waals surface area contributed by atoms with Crippen LogP contribution in [-0.2, 0) is 0 Å². The Kier molecular flexibility index (Phi) is 4.90. The molecule has 1 atom stereocenters. The van der Waals surface area contributed by atoms with Crippen molar-refractivity contribution in [3.8, 4) is 5.75 Å². The standard InChI is InChI=1S/C15H13BrF3NO/c1-20-15(8-3-4-14(21-2)10(16)5-8)9-6-12(18)13(19)7-11(9)17/h3-7,15,20H,1-2H3. The largest absolute Gasteiger partial charge is 0.496 e. The average Bonchev–Trinajstić information content (AvgIpc) is 2.45. The van der Waals surface area contributed by atoms with Gasteiger partial charge in [0.25, 0.3) is 0 Å². The Labute approximate surface area is 129 Å². The molecule has 2 rings (SSSR count). The Morgan fingerprint density at radius 1 is 1.05 bits per heavy atom. The summed E-state index contributed by atoms with van der Waals surface area (Å²) in [4.78, 5) is 0. The summed E-state index contributed by atoms with van der Waals surface area (Å²) in [5.74, 6) is -2.47. The molecule has 0 spiro atoms. The van der Waals surface area contributed by atoms with E-state index in [2.05, 4.69) is 21.2 Å². The summed E-state index contributed by atoms with van der Waals surface area (Å²) in [5.41, 5.74) is 0.726. The van der Waals surface area contributed by atoms with Gasteiger partial charge in [-0.25, -0.2) is 13.2 Å². The van der Waals surface area contributed by atoms with Gasteiger partial charge in [0.15, 0.2) is 11.6 Å². The molecule has 1 N–H and O–H groups in total. The quantitative estimate of drug-likeness (QED) is 0.826. The van der Waals surface area contributed by atoms with E-state index in [-0.39, 0.29) is 5.56 Å². The lowest BCUT2D eigenvalue weighted by Crippen LogP contribution is -2.19. The number of methoxy groups -OCH3 is 1. The molecule has 2 nitrogen and oxygen atoms in total. The van der Waals surface area contributed by atoms with Crippen LogP contribution in [0.3, 0.4) is 0 Å². The Balaban J connectivity index is 2.49. The van der Waals surface area contributed by atoms with Gasteiger partial charge in [-0.2, -0.15) is 0 Å². The van der Waals surface area contributed by atoms with Crippen LogP contribution in [0.4, 0.5) is 13.2 Å². The van der Waals surface area contributed by atoms with Gasteiger partial charge >= 0.3 is 0 Å². The van der Waals surface area contributed by atoms with Gasteiger partial charge in [-0.15, -0.1) is 0 Å². The number of ether oxygens (including phenoxy) is 1. The molecule has 0 amide bonds. The van der Waals surface area contributed by atoms with E-state index in [1.165, 1.54) is 7.11 Å². The smallest absolute Gasteiger partial charge is 0.161 e. The molecule has 112 valence electrons. The van der Waals surface area contributed by atoms with E-state index in [4.69, 9.17) is 4.74 Å². The summed E-state index contributed by atoms with van der Waals surface area (Å²) in [7, 11) is 3.15.